The topological polar surface area (TPSA) is 59.1 Å². The largest absolute Gasteiger partial charge is 0.302 e. The summed E-state index contributed by atoms with van der Waals surface area (Å²) in [6.07, 6.45) is 9.04. The second-order valence-electron chi connectivity index (χ2n) is 6.21. The normalized spacial score (nSPS) is 20.5. The van der Waals surface area contributed by atoms with Gasteiger partial charge in [-0.25, -0.2) is 5.43 Å². The molecule has 120 valence electrons. The van der Waals surface area contributed by atoms with Crippen molar-refractivity contribution in [3.8, 4) is 0 Å². The summed E-state index contributed by atoms with van der Waals surface area (Å²) in [7, 11) is 4.30. The number of nitrogens with zero attached hydrogens (tertiary/aromatic N) is 3. The molecule has 1 heterocycles. The molecular weight excluding hydrogens is 286 g/mol. The third kappa shape index (κ3) is 3.11. The molecule has 0 aromatic carbocycles. The number of likely N-dealkylation sites (N-methyl/N-ethyl adjacent to an activating group) is 1. The fourth-order valence-electron chi connectivity index (χ4n) is 3.73. The maximum Gasteiger partial charge on any atom is 0.0835 e. The van der Waals surface area contributed by atoms with Gasteiger partial charge in [-0.05, 0) is 33.9 Å². The van der Waals surface area contributed by atoms with Gasteiger partial charge in [-0.15, -0.1) is 0 Å². The average Bonchev–Trinajstić information content (AvgIpc) is 2.68. The molecule has 0 bridgehead atoms. The van der Waals surface area contributed by atoms with Gasteiger partial charge in [0, 0.05) is 12.1 Å². The lowest BCUT2D eigenvalue weighted by Gasteiger charge is -2.45. The van der Waals surface area contributed by atoms with E-state index in [0.29, 0.717) is 5.02 Å². The Kier molecular flexibility index (Phi) is 5.66. The van der Waals surface area contributed by atoms with Crippen LogP contribution in [0.25, 0.3) is 0 Å². The zero-order chi connectivity index (χ0) is 15.5. The zero-order valence-corrected chi connectivity index (χ0v) is 14.2. The standard InChI is InChI=1S/C15H28ClN5/c1-4-21-13(12(16)11-18-21)14(19-17)15(20(2)3)9-7-5-6-8-10-15/h11,14,19H,4-10,17H2,1-3H3. The first-order valence-electron chi connectivity index (χ1n) is 7.91. The first-order valence-corrected chi connectivity index (χ1v) is 8.29. The van der Waals surface area contributed by atoms with E-state index in [1.807, 2.05) is 4.68 Å². The van der Waals surface area contributed by atoms with Crippen molar-refractivity contribution in [2.75, 3.05) is 14.1 Å². The van der Waals surface area contributed by atoms with Crippen LogP contribution in [0, 0.1) is 0 Å². The highest BCUT2D eigenvalue weighted by molar-refractivity contribution is 6.31. The fraction of sp³-hybridized carbons (Fsp3) is 0.800. The molecule has 0 saturated heterocycles. The van der Waals surface area contributed by atoms with Gasteiger partial charge in [0.15, 0.2) is 0 Å². The second-order valence-corrected chi connectivity index (χ2v) is 6.61. The third-order valence-electron chi connectivity index (χ3n) is 4.97. The molecule has 3 N–H and O–H groups in total. The van der Waals surface area contributed by atoms with E-state index in [9.17, 15) is 0 Å². The lowest BCUT2D eigenvalue weighted by Crippen LogP contribution is -2.55. The van der Waals surface area contributed by atoms with Crippen LogP contribution in [0.15, 0.2) is 6.20 Å². The molecule has 0 aliphatic heterocycles. The number of aryl methyl sites for hydroxylation is 1. The minimum Gasteiger partial charge on any atom is -0.302 e. The molecule has 2 rings (SSSR count). The SMILES string of the molecule is CCn1ncc(Cl)c1C(NN)C1(N(C)C)CCCCCC1. The van der Waals surface area contributed by atoms with Gasteiger partial charge in [-0.2, -0.15) is 5.10 Å². The highest BCUT2D eigenvalue weighted by Crippen LogP contribution is 2.42. The van der Waals surface area contributed by atoms with E-state index in [1.54, 1.807) is 6.20 Å². The van der Waals surface area contributed by atoms with Crippen molar-refractivity contribution in [3.63, 3.8) is 0 Å². The predicted octanol–water partition coefficient (Wildman–Crippen LogP) is 2.72. The van der Waals surface area contributed by atoms with Crippen LogP contribution >= 0.6 is 11.6 Å². The van der Waals surface area contributed by atoms with Gasteiger partial charge in [-0.3, -0.25) is 10.5 Å². The maximum absolute atomic E-state index is 6.43. The molecule has 1 aromatic rings. The van der Waals surface area contributed by atoms with Crippen LogP contribution < -0.4 is 11.3 Å². The Labute approximate surface area is 132 Å². The monoisotopic (exact) mass is 313 g/mol. The summed E-state index contributed by atoms with van der Waals surface area (Å²) in [5, 5.41) is 5.08. The molecule has 21 heavy (non-hydrogen) atoms. The van der Waals surface area contributed by atoms with Crippen molar-refractivity contribution in [1.82, 2.24) is 20.1 Å². The summed E-state index contributed by atoms with van der Waals surface area (Å²) in [5.74, 6) is 5.98. The fourth-order valence-corrected chi connectivity index (χ4v) is 3.98. The quantitative estimate of drug-likeness (QED) is 0.498. The Hall–Kier alpha value is -0.620. The van der Waals surface area contributed by atoms with Crippen LogP contribution in [0.1, 0.15) is 57.2 Å². The molecule has 1 unspecified atom stereocenters. The first-order chi connectivity index (χ1) is 10.1. The van der Waals surface area contributed by atoms with Crippen LogP contribution in [-0.4, -0.2) is 34.3 Å². The molecule has 0 spiro atoms. The molecule has 1 atom stereocenters. The summed E-state index contributed by atoms with van der Waals surface area (Å²) in [5.41, 5.74) is 4.05. The van der Waals surface area contributed by atoms with E-state index in [2.05, 4.69) is 36.4 Å². The lowest BCUT2D eigenvalue weighted by molar-refractivity contribution is 0.0761. The molecular formula is C15H28ClN5. The zero-order valence-electron chi connectivity index (χ0n) is 13.4. The number of hydrogen-bond acceptors (Lipinski definition) is 4. The summed E-state index contributed by atoms with van der Waals surface area (Å²) in [6, 6.07) is -0.0134. The minimum absolute atomic E-state index is 0.0121. The van der Waals surface area contributed by atoms with E-state index >= 15 is 0 Å². The van der Waals surface area contributed by atoms with Gasteiger partial charge in [0.05, 0.1) is 23.0 Å². The minimum atomic E-state index is -0.0134. The van der Waals surface area contributed by atoms with Gasteiger partial charge in [0.1, 0.15) is 0 Å². The number of hydrazine groups is 1. The van der Waals surface area contributed by atoms with E-state index in [-0.39, 0.29) is 11.6 Å². The van der Waals surface area contributed by atoms with E-state index in [4.69, 9.17) is 17.4 Å². The van der Waals surface area contributed by atoms with Gasteiger partial charge in [-0.1, -0.05) is 37.3 Å². The van der Waals surface area contributed by atoms with Crippen molar-refractivity contribution >= 4 is 11.6 Å². The van der Waals surface area contributed by atoms with Gasteiger partial charge >= 0.3 is 0 Å². The molecule has 1 fully saturated rings. The summed E-state index contributed by atoms with van der Waals surface area (Å²) in [6.45, 7) is 2.87. The number of aromatic nitrogens is 2. The molecule has 1 saturated carbocycles. The Morgan fingerprint density at radius 1 is 1.38 bits per heavy atom. The molecule has 0 radical (unpaired) electrons. The summed E-state index contributed by atoms with van der Waals surface area (Å²) < 4.78 is 1.96. The first kappa shape index (κ1) is 16.7. The highest BCUT2D eigenvalue weighted by atomic mass is 35.5. The van der Waals surface area contributed by atoms with Crippen LogP contribution in [-0.2, 0) is 6.54 Å². The van der Waals surface area contributed by atoms with Gasteiger partial charge in [0.25, 0.3) is 0 Å². The van der Waals surface area contributed by atoms with Gasteiger partial charge < -0.3 is 4.90 Å². The van der Waals surface area contributed by atoms with E-state index in [0.717, 1.165) is 25.1 Å². The highest BCUT2D eigenvalue weighted by Gasteiger charge is 2.43. The third-order valence-corrected chi connectivity index (χ3v) is 5.26. The number of hydrogen-bond donors (Lipinski definition) is 2. The van der Waals surface area contributed by atoms with Crippen molar-refractivity contribution in [2.24, 2.45) is 5.84 Å². The molecule has 0 amide bonds. The number of nitrogens with one attached hydrogen (secondary N) is 1. The summed E-state index contributed by atoms with van der Waals surface area (Å²) >= 11 is 6.43. The Morgan fingerprint density at radius 2 is 2.00 bits per heavy atom. The van der Waals surface area contributed by atoms with Crippen molar-refractivity contribution in [1.29, 1.82) is 0 Å². The second kappa shape index (κ2) is 7.09. The van der Waals surface area contributed by atoms with Gasteiger partial charge in [0.2, 0.25) is 0 Å². The average molecular weight is 314 g/mol. The van der Waals surface area contributed by atoms with Crippen molar-refractivity contribution < 1.29 is 0 Å². The molecule has 5 nitrogen and oxygen atoms in total. The molecule has 6 heteroatoms. The van der Waals surface area contributed by atoms with Crippen molar-refractivity contribution in [2.45, 2.75) is 63.6 Å². The molecule has 1 aliphatic carbocycles. The Balaban J connectivity index is 2.46. The van der Waals surface area contributed by atoms with E-state index in [1.165, 1.54) is 25.7 Å². The molecule has 1 aliphatic rings. The maximum atomic E-state index is 6.43. The Bertz CT molecular complexity index is 449. The summed E-state index contributed by atoms with van der Waals surface area (Å²) in [4.78, 5) is 2.33. The Morgan fingerprint density at radius 3 is 2.48 bits per heavy atom. The van der Waals surface area contributed by atoms with Crippen LogP contribution in [0.3, 0.4) is 0 Å². The van der Waals surface area contributed by atoms with Crippen molar-refractivity contribution in [3.05, 3.63) is 16.9 Å². The predicted molar refractivity (Wildman–Crippen MR) is 87.1 cm³/mol. The smallest absolute Gasteiger partial charge is 0.0835 e. The molecule has 1 aromatic heterocycles. The lowest BCUT2D eigenvalue weighted by atomic mass is 9.80. The number of rotatable bonds is 5. The van der Waals surface area contributed by atoms with Crippen LogP contribution in [0.4, 0.5) is 0 Å². The van der Waals surface area contributed by atoms with Crippen LogP contribution in [0.5, 0.6) is 0 Å². The van der Waals surface area contributed by atoms with E-state index < -0.39 is 0 Å². The van der Waals surface area contributed by atoms with Crippen LogP contribution in [0.2, 0.25) is 5.02 Å². The number of halogens is 1. The number of nitrogens with two attached hydrogens (primary N) is 1.